The second-order valence-corrected chi connectivity index (χ2v) is 7.22. The number of ether oxygens (including phenoxy) is 1. The van der Waals surface area contributed by atoms with E-state index in [2.05, 4.69) is 10.3 Å². The number of benzene rings is 1. The van der Waals surface area contributed by atoms with Gasteiger partial charge in [0.2, 0.25) is 0 Å². The molecule has 0 saturated carbocycles. The predicted octanol–water partition coefficient (Wildman–Crippen LogP) is 4.36. The number of aromatic nitrogens is 1. The van der Waals surface area contributed by atoms with Crippen molar-refractivity contribution < 1.29 is 9.53 Å². The van der Waals surface area contributed by atoms with E-state index in [4.69, 9.17) is 4.74 Å². The van der Waals surface area contributed by atoms with Crippen LogP contribution in [-0.2, 0) is 17.6 Å². The van der Waals surface area contributed by atoms with Gasteiger partial charge >= 0.3 is 0 Å². The zero-order valence-electron chi connectivity index (χ0n) is 14.7. The van der Waals surface area contributed by atoms with Crippen molar-refractivity contribution in [1.29, 1.82) is 5.26 Å². The first-order valence-corrected chi connectivity index (χ1v) is 9.66. The topological polar surface area (TPSA) is 75.0 Å². The number of rotatable bonds is 6. The summed E-state index contributed by atoms with van der Waals surface area (Å²) in [6.07, 6.45) is 6.83. The van der Waals surface area contributed by atoms with Crippen molar-refractivity contribution in [2.45, 2.75) is 39.0 Å². The number of thiazole rings is 1. The summed E-state index contributed by atoms with van der Waals surface area (Å²) in [5, 5.41) is 12.7. The Morgan fingerprint density at radius 1 is 1.35 bits per heavy atom. The molecule has 0 atom stereocenters. The van der Waals surface area contributed by atoms with Crippen molar-refractivity contribution in [1.82, 2.24) is 4.98 Å². The normalized spacial score (nSPS) is 13.6. The lowest BCUT2D eigenvalue weighted by molar-refractivity contribution is -0.112. The van der Waals surface area contributed by atoms with Crippen molar-refractivity contribution in [3.63, 3.8) is 0 Å². The Kier molecular flexibility index (Phi) is 6.03. The van der Waals surface area contributed by atoms with Crippen LogP contribution in [0.1, 0.15) is 42.3 Å². The van der Waals surface area contributed by atoms with E-state index in [0.29, 0.717) is 11.7 Å². The zero-order chi connectivity index (χ0) is 18.4. The van der Waals surface area contributed by atoms with Crippen molar-refractivity contribution in [2.24, 2.45) is 0 Å². The minimum Gasteiger partial charge on any atom is -0.494 e. The summed E-state index contributed by atoms with van der Waals surface area (Å²) in [5.74, 6) is 0.352. The van der Waals surface area contributed by atoms with E-state index >= 15 is 0 Å². The fraction of sp³-hybridized carbons (Fsp3) is 0.350. The highest BCUT2D eigenvalue weighted by Gasteiger charge is 2.17. The third-order valence-electron chi connectivity index (χ3n) is 4.10. The van der Waals surface area contributed by atoms with Gasteiger partial charge in [-0.25, -0.2) is 4.98 Å². The number of hydrogen-bond donors (Lipinski definition) is 1. The number of fused-ring (bicyclic) bond motifs is 1. The number of aryl methyl sites for hydroxylation is 2. The Morgan fingerprint density at radius 2 is 2.12 bits per heavy atom. The van der Waals surface area contributed by atoms with Gasteiger partial charge in [-0.2, -0.15) is 5.26 Å². The number of hydrogen-bond acceptors (Lipinski definition) is 5. The van der Waals surface area contributed by atoms with Gasteiger partial charge in [-0.1, -0.05) is 19.1 Å². The summed E-state index contributed by atoms with van der Waals surface area (Å²) in [5.41, 5.74) is 1.92. The summed E-state index contributed by atoms with van der Waals surface area (Å²) in [6.45, 7) is 2.71. The van der Waals surface area contributed by atoms with Gasteiger partial charge in [-0.3, -0.25) is 10.1 Å². The molecule has 0 spiro atoms. The van der Waals surface area contributed by atoms with Gasteiger partial charge in [0, 0.05) is 4.88 Å². The van der Waals surface area contributed by atoms with Crippen LogP contribution < -0.4 is 10.1 Å². The standard InChI is InChI=1S/C20H21N3O2S/c1-2-11-25-16-9-7-14(8-10-16)12-15(13-21)19(24)23-20-22-17-5-3-4-6-18(17)26-20/h7-10,12H,2-6,11H2,1H3,(H,22,23,24)/b15-12+. The van der Waals surface area contributed by atoms with Crippen molar-refractivity contribution in [3.05, 3.63) is 46.0 Å². The van der Waals surface area contributed by atoms with Gasteiger partial charge in [0.25, 0.3) is 5.91 Å². The molecule has 5 nitrogen and oxygen atoms in total. The fourth-order valence-corrected chi connectivity index (χ4v) is 3.81. The molecule has 0 bridgehead atoms. The third-order valence-corrected chi connectivity index (χ3v) is 5.17. The molecule has 134 valence electrons. The molecule has 1 aromatic heterocycles. The minimum atomic E-state index is -0.426. The molecule has 0 aliphatic heterocycles. The Balaban J connectivity index is 1.69. The lowest BCUT2D eigenvalue weighted by atomic mass is 10.0. The smallest absolute Gasteiger partial charge is 0.268 e. The molecule has 1 N–H and O–H groups in total. The Bertz CT molecular complexity index is 823. The van der Waals surface area contributed by atoms with Gasteiger partial charge in [-0.05, 0) is 55.9 Å². The lowest BCUT2D eigenvalue weighted by Crippen LogP contribution is -2.13. The summed E-state index contributed by atoms with van der Waals surface area (Å²) in [7, 11) is 0. The second-order valence-electron chi connectivity index (χ2n) is 6.14. The van der Waals surface area contributed by atoms with Crippen molar-refractivity contribution in [3.8, 4) is 11.8 Å². The molecule has 0 saturated heterocycles. The van der Waals surface area contributed by atoms with E-state index in [-0.39, 0.29) is 5.57 Å². The fourth-order valence-electron chi connectivity index (χ4n) is 2.77. The number of nitrogens with zero attached hydrogens (tertiary/aromatic N) is 2. The van der Waals surface area contributed by atoms with E-state index in [1.165, 1.54) is 22.6 Å². The Hall–Kier alpha value is -2.65. The number of carbonyl (C=O) groups excluding carboxylic acids is 1. The second kappa shape index (κ2) is 8.63. The van der Waals surface area contributed by atoms with Crippen LogP contribution in [0.2, 0.25) is 0 Å². The number of nitriles is 1. The number of carbonyl (C=O) groups is 1. The van der Waals surface area contributed by atoms with Gasteiger partial charge in [-0.15, -0.1) is 11.3 Å². The SMILES string of the molecule is CCCOc1ccc(/C=C(\C#N)C(=O)Nc2nc3c(s2)CCCC3)cc1. The highest BCUT2D eigenvalue weighted by molar-refractivity contribution is 7.15. The van der Waals surface area contributed by atoms with Gasteiger partial charge in [0.05, 0.1) is 12.3 Å². The van der Waals surface area contributed by atoms with Crippen LogP contribution in [-0.4, -0.2) is 17.5 Å². The maximum absolute atomic E-state index is 12.4. The predicted molar refractivity (Wildman–Crippen MR) is 103 cm³/mol. The van der Waals surface area contributed by atoms with E-state index < -0.39 is 5.91 Å². The third kappa shape index (κ3) is 4.50. The minimum absolute atomic E-state index is 0.0559. The van der Waals surface area contributed by atoms with Crippen LogP contribution in [0, 0.1) is 11.3 Å². The molecule has 2 aromatic rings. The highest BCUT2D eigenvalue weighted by atomic mass is 32.1. The maximum atomic E-state index is 12.4. The van der Waals surface area contributed by atoms with Gasteiger partial charge in [0.1, 0.15) is 17.4 Å². The molecule has 0 unspecified atom stereocenters. The number of anilines is 1. The molecule has 1 aliphatic rings. The molecular formula is C20H21N3O2S. The molecular weight excluding hydrogens is 346 g/mol. The zero-order valence-corrected chi connectivity index (χ0v) is 15.6. The van der Waals surface area contributed by atoms with E-state index in [1.54, 1.807) is 6.08 Å². The quantitative estimate of drug-likeness (QED) is 0.608. The summed E-state index contributed by atoms with van der Waals surface area (Å²) < 4.78 is 5.54. The van der Waals surface area contributed by atoms with Crippen LogP contribution in [0.5, 0.6) is 5.75 Å². The van der Waals surface area contributed by atoms with E-state index in [1.807, 2.05) is 37.3 Å². The molecule has 3 rings (SSSR count). The monoisotopic (exact) mass is 367 g/mol. The average Bonchev–Trinajstić information content (AvgIpc) is 3.07. The molecule has 0 fully saturated rings. The van der Waals surface area contributed by atoms with Gasteiger partial charge < -0.3 is 4.74 Å². The summed E-state index contributed by atoms with van der Waals surface area (Å²) in [6, 6.07) is 9.31. The molecule has 1 heterocycles. The first-order chi connectivity index (χ1) is 12.7. The molecule has 1 amide bonds. The van der Waals surface area contributed by atoms with Gasteiger partial charge in [0.15, 0.2) is 5.13 Å². The van der Waals surface area contributed by atoms with E-state index in [0.717, 1.165) is 42.7 Å². The molecule has 1 aromatic carbocycles. The average molecular weight is 367 g/mol. The van der Waals surface area contributed by atoms with Crippen LogP contribution in [0.4, 0.5) is 5.13 Å². The maximum Gasteiger partial charge on any atom is 0.268 e. The van der Waals surface area contributed by atoms with Crippen LogP contribution in [0.25, 0.3) is 6.08 Å². The summed E-state index contributed by atoms with van der Waals surface area (Å²) >= 11 is 1.51. The Labute approximate surface area is 157 Å². The first kappa shape index (κ1) is 18.2. The highest BCUT2D eigenvalue weighted by Crippen LogP contribution is 2.29. The van der Waals surface area contributed by atoms with Crippen LogP contribution >= 0.6 is 11.3 Å². The molecule has 0 radical (unpaired) electrons. The lowest BCUT2D eigenvalue weighted by Gasteiger charge is -2.06. The number of nitrogens with one attached hydrogen (secondary N) is 1. The Morgan fingerprint density at radius 3 is 2.81 bits per heavy atom. The van der Waals surface area contributed by atoms with Crippen LogP contribution in [0.15, 0.2) is 29.8 Å². The van der Waals surface area contributed by atoms with Crippen molar-refractivity contribution >= 4 is 28.5 Å². The summed E-state index contributed by atoms with van der Waals surface area (Å²) in [4.78, 5) is 18.1. The van der Waals surface area contributed by atoms with E-state index in [9.17, 15) is 10.1 Å². The molecule has 1 aliphatic carbocycles. The van der Waals surface area contributed by atoms with Crippen molar-refractivity contribution in [2.75, 3.05) is 11.9 Å². The number of amides is 1. The largest absolute Gasteiger partial charge is 0.494 e. The molecule has 6 heteroatoms. The van der Waals surface area contributed by atoms with Crippen LogP contribution in [0.3, 0.4) is 0 Å². The first-order valence-electron chi connectivity index (χ1n) is 8.84. The molecule has 26 heavy (non-hydrogen) atoms.